The molecule has 0 amide bonds. The van der Waals surface area contributed by atoms with Gasteiger partial charge in [0.1, 0.15) is 0 Å². The average molecular weight is 785 g/mol. The molecule has 0 bridgehead atoms. The molecule has 0 N–H and O–H groups in total. The van der Waals surface area contributed by atoms with Gasteiger partial charge in [0.15, 0.2) is 0 Å². The first kappa shape index (κ1) is 36.6. The number of rotatable bonds is 6. The summed E-state index contributed by atoms with van der Waals surface area (Å²) in [5.41, 5.74) is 13.5. The lowest BCUT2D eigenvalue weighted by Gasteiger charge is -2.42. The molecule has 0 atom stereocenters. The summed E-state index contributed by atoms with van der Waals surface area (Å²) in [6.07, 6.45) is 0. The SMILES string of the molecule is CC1(C)c2ccccc2N(c2ccccc2-c2ccccc2S(=O)(=O)c2ccccc2-c2ccccc2N2c3ccccc3C(C)(C)c3ccccc32)c2ccccc21. The lowest BCUT2D eigenvalue weighted by atomic mass is 9.73. The van der Waals surface area contributed by atoms with E-state index in [9.17, 15) is 0 Å². The zero-order chi connectivity index (χ0) is 40.5. The van der Waals surface area contributed by atoms with E-state index in [-0.39, 0.29) is 20.6 Å². The van der Waals surface area contributed by atoms with Crippen LogP contribution in [-0.4, -0.2) is 8.42 Å². The van der Waals surface area contributed by atoms with E-state index in [4.69, 9.17) is 0 Å². The molecular weight excluding hydrogens is 741 g/mol. The van der Waals surface area contributed by atoms with Gasteiger partial charge in [0.2, 0.25) is 9.84 Å². The molecule has 0 radical (unpaired) electrons. The van der Waals surface area contributed by atoms with Crippen molar-refractivity contribution in [2.75, 3.05) is 9.80 Å². The van der Waals surface area contributed by atoms with Crippen LogP contribution in [0.2, 0.25) is 0 Å². The molecule has 0 saturated heterocycles. The van der Waals surface area contributed by atoms with Crippen molar-refractivity contribution < 1.29 is 8.42 Å². The Morgan fingerprint density at radius 2 is 0.542 bits per heavy atom. The van der Waals surface area contributed by atoms with Crippen LogP contribution in [0.5, 0.6) is 0 Å². The van der Waals surface area contributed by atoms with Gasteiger partial charge in [-0.05, 0) is 70.8 Å². The Labute approximate surface area is 347 Å². The monoisotopic (exact) mass is 784 g/mol. The Bertz CT molecular complexity index is 2760. The second-order valence-corrected chi connectivity index (χ2v) is 18.4. The largest absolute Gasteiger partial charge is 0.309 e. The van der Waals surface area contributed by atoms with Gasteiger partial charge in [-0.2, -0.15) is 0 Å². The Morgan fingerprint density at radius 3 is 0.864 bits per heavy atom. The van der Waals surface area contributed by atoms with E-state index in [1.807, 2.05) is 72.8 Å². The fraction of sp³-hybridized carbons (Fsp3) is 0.111. The fourth-order valence-electron chi connectivity index (χ4n) is 9.62. The van der Waals surface area contributed by atoms with Gasteiger partial charge in [-0.25, -0.2) is 8.42 Å². The molecule has 2 heterocycles. The molecule has 0 saturated carbocycles. The maximum absolute atomic E-state index is 15.5. The van der Waals surface area contributed by atoms with Crippen molar-refractivity contribution in [3.8, 4) is 22.3 Å². The predicted octanol–water partition coefficient (Wildman–Crippen LogP) is 14.1. The molecule has 8 aromatic carbocycles. The van der Waals surface area contributed by atoms with Gasteiger partial charge in [-0.15, -0.1) is 0 Å². The summed E-state index contributed by atoms with van der Waals surface area (Å²) in [5.74, 6) is 0. The highest BCUT2D eigenvalue weighted by Gasteiger charge is 2.39. The molecular formula is C54H44N2O2S. The third-order valence-electron chi connectivity index (χ3n) is 12.5. The quantitative estimate of drug-likeness (QED) is 0.168. The van der Waals surface area contributed by atoms with Crippen LogP contribution in [0.1, 0.15) is 49.9 Å². The normalized spacial score (nSPS) is 14.8. The molecule has 5 heteroatoms. The standard InChI is InChI=1S/C54H44N2O2S/c1-53(2)41-25-9-15-31-47(41)55(48-32-16-10-26-42(48)53)45-29-13-5-21-37(45)39-23-7-19-35-51(39)59(57,58)52-36-20-8-24-40(52)38-22-6-14-30-46(38)56-49-33-17-11-27-43(49)54(3,4)44-28-12-18-34-50(44)56/h5-36H,1-4H3. The molecule has 0 aliphatic carbocycles. The molecule has 8 aromatic rings. The van der Waals surface area contributed by atoms with Crippen LogP contribution in [0.25, 0.3) is 22.3 Å². The summed E-state index contributed by atoms with van der Waals surface area (Å²) in [5, 5.41) is 0. The molecule has 10 rings (SSSR count). The number of para-hydroxylation sites is 6. The van der Waals surface area contributed by atoms with Gasteiger partial charge in [0.05, 0.1) is 43.9 Å². The minimum absolute atomic E-state index is 0.228. The minimum Gasteiger partial charge on any atom is -0.309 e. The summed E-state index contributed by atoms with van der Waals surface area (Å²) in [4.78, 5) is 5.11. The number of sulfone groups is 1. The van der Waals surface area contributed by atoms with Gasteiger partial charge >= 0.3 is 0 Å². The number of fused-ring (bicyclic) bond motifs is 4. The van der Waals surface area contributed by atoms with Crippen LogP contribution in [0.15, 0.2) is 204 Å². The Hall–Kier alpha value is -6.69. The second kappa shape index (κ2) is 13.7. The average Bonchev–Trinajstić information content (AvgIpc) is 3.27. The zero-order valence-electron chi connectivity index (χ0n) is 33.6. The number of anilines is 6. The summed E-state index contributed by atoms with van der Waals surface area (Å²) >= 11 is 0. The Kier molecular flexibility index (Phi) is 8.52. The first-order chi connectivity index (χ1) is 28.6. The van der Waals surface area contributed by atoms with Crippen LogP contribution in [0, 0.1) is 0 Å². The molecule has 288 valence electrons. The third kappa shape index (κ3) is 5.60. The van der Waals surface area contributed by atoms with Gasteiger partial charge in [0.25, 0.3) is 0 Å². The third-order valence-corrected chi connectivity index (χ3v) is 14.4. The van der Waals surface area contributed by atoms with Crippen LogP contribution in [0.3, 0.4) is 0 Å². The second-order valence-electron chi connectivity index (χ2n) is 16.5. The Balaban J connectivity index is 1.15. The van der Waals surface area contributed by atoms with Crippen molar-refractivity contribution in [1.82, 2.24) is 0 Å². The van der Waals surface area contributed by atoms with E-state index in [0.717, 1.165) is 45.3 Å². The van der Waals surface area contributed by atoms with Crippen molar-refractivity contribution in [3.63, 3.8) is 0 Å². The van der Waals surface area contributed by atoms with Crippen LogP contribution >= 0.6 is 0 Å². The van der Waals surface area contributed by atoms with Gasteiger partial charge in [0, 0.05) is 33.1 Å². The van der Waals surface area contributed by atoms with Crippen molar-refractivity contribution >= 4 is 44.0 Å². The van der Waals surface area contributed by atoms with Crippen molar-refractivity contribution in [2.24, 2.45) is 0 Å². The topological polar surface area (TPSA) is 40.6 Å². The van der Waals surface area contributed by atoms with Crippen molar-refractivity contribution in [2.45, 2.75) is 48.3 Å². The zero-order valence-corrected chi connectivity index (χ0v) is 34.4. The number of benzene rings is 8. The molecule has 59 heavy (non-hydrogen) atoms. The van der Waals surface area contributed by atoms with E-state index in [0.29, 0.717) is 11.1 Å². The summed E-state index contributed by atoms with van der Waals surface area (Å²) in [7, 11) is -4.11. The van der Waals surface area contributed by atoms with Crippen molar-refractivity contribution in [3.05, 3.63) is 216 Å². The first-order valence-corrected chi connectivity index (χ1v) is 21.7. The number of hydrogen-bond donors (Lipinski definition) is 0. The van der Waals surface area contributed by atoms with Crippen LogP contribution in [-0.2, 0) is 20.7 Å². The van der Waals surface area contributed by atoms with Crippen LogP contribution < -0.4 is 9.80 Å². The molecule has 0 aromatic heterocycles. The molecule has 2 aliphatic rings. The van der Waals surface area contributed by atoms with Gasteiger partial charge in [-0.1, -0.05) is 173 Å². The predicted molar refractivity (Wildman–Crippen MR) is 243 cm³/mol. The Morgan fingerprint density at radius 1 is 0.305 bits per heavy atom. The first-order valence-electron chi connectivity index (χ1n) is 20.2. The van der Waals surface area contributed by atoms with E-state index >= 15 is 8.42 Å². The fourth-order valence-corrected chi connectivity index (χ4v) is 11.3. The maximum Gasteiger partial charge on any atom is 0.207 e. The summed E-state index contributed by atoms with van der Waals surface area (Å²) in [6, 6.07) is 65.4. The highest BCUT2D eigenvalue weighted by Crippen LogP contribution is 2.55. The molecule has 0 spiro atoms. The maximum atomic E-state index is 15.5. The molecule has 0 fully saturated rings. The van der Waals surface area contributed by atoms with Crippen LogP contribution in [0.4, 0.5) is 34.1 Å². The summed E-state index contributed by atoms with van der Waals surface area (Å²) in [6.45, 7) is 9.09. The van der Waals surface area contributed by atoms with Gasteiger partial charge < -0.3 is 9.80 Å². The van der Waals surface area contributed by atoms with E-state index < -0.39 is 9.84 Å². The summed E-state index contributed by atoms with van der Waals surface area (Å²) < 4.78 is 31.1. The highest BCUT2D eigenvalue weighted by molar-refractivity contribution is 7.91. The molecule has 2 aliphatic heterocycles. The van der Waals surface area contributed by atoms with Gasteiger partial charge in [-0.3, -0.25) is 0 Å². The number of hydrogen-bond acceptors (Lipinski definition) is 4. The lowest BCUT2D eigenvalue weighted by Crippen LogP contribution is -2.30. The highest BCUT2D eigenvalue weighted by atomic mass is 32.2. The molecule has 0 unspecified atom stereocenters. The smallest absolute Gasteiger partial charge is 0.207 e. The van der Waals surface area contributed by atoms with E-state index in [1.54, 1.807) is 12.1 Å². The van der Waals surface area contributed by atoms with E-state index in [2.05, 4.69) is 147 Å². The van der Waals surface area contributed by atoms with Crippen molar-refractivity contribution in [1.29, 1.82) is 0 Å². The lowest BCUT2D eigenvalue weighted by molar-refractivity contribution is 0.596. The minimum atomic E-state index is -4.11. The number of nitrogens with zero attached hydrogens (tertiary/aromatic N) is 2. The molecule has 4 nitrogen and oxygen atoms in total. The van der Waals surface area contributed by atoms with E-state index in [1.165, 1.54) is 22.3 Å².